The Bertz CT molecular complexity index is 1650. The van der Waals surface area contributed by atoms with Crippen LogP contribution >= 0.6 is 0 Å². The van der Waals surface area contributed by atoms with Gasteiger partial charge < -0.3 is 24.1 Å². The number of hydrogen-bond acceptors (Lipinski definition) is 10. The van der Waals surface area contributed by atoms with Gasteiger partial charge in [-0.05, 0) is 98.9 Å². The number of piperidine rings is 1. The Balaban J connectivity index is 1.02. The summed E-state index contributed by atoms with van der Waals surface area (Å²) in [7, 11) is 0. The molecular formula is C42H62N4O7. The summed E-state index contributed by atoms with van der Waals surface area (Å²) in [5.41, 5.74) is 5.52. The minimum atomic E-state index is -0.691. The van der Waals surface area contributed by atoms with Crippen LogP contribution in [0.15, 0.2) is 29.0 Å². The number of ether oxygens (including phenoxy) is 4. The van der Waals surface area contributed by atoms with Crippen LogP contribution in [0, 0.1) is 46.8 Å². The molecule has 15 atom stereocenters. The molecule has 1 aromatic heterocycles. The van der Waals surface area contributed by atoms with E-state index in [1.807, 2.05) is 20.0 Å². The van der Waals surface area contributed by atoms with Crippen LogP contribution in [0.3, 0.4) is 0 Å². The van der Waals surface area contributed by atoms with Gasteiger partial charge in [-0.2, -0.15) is 0 Å². The number of rotatable bonds is 6. The molecule has 2 unspecified atom stereocenters. The van der Waals surface area contributed by atoms with Gasteiger partial charge in [0.25, 0.3) is 0 Å². The molecule has 11 nitrogen and oxygen atoms in total. The molecule has 1 spiro atoms. The predicted octanol–water partition coefficient (Wildman–Crippen LogP) is 6.17. The first kappa shape index (κ1) is 37.3. The molecule has 1 N–H and O–H groups in total. The number of aromatic nitrogens is 3. The molecule has 0 radical (unpaired) electrons. The molecule has 5 fully saturated rings. The van der Waals surface area contributed by atoms with Crippen LogP contribution in [0.4, 0.5) is 0 Å². The predicted molar refractivity (Wildman–Crippen MR) is 197 cm³/mol. The van der Waals surface area contributed by atoms with Crippen molar-refractivity contribution in [3.05, 3.63) is 34.7 Å². The molecule has 2 saturated carbocycles. The van der Waals surface area contributed by atoms with E-state index in [0.717, 1.165) is 50.8 Å². The summed E-state index contributed by atoms with van der Waals surface area (Å²) in [6.45, 7) is 18.3. The second-order valence-corrected chi connectivity index (χ2v) is 18.5. The van der Waals surface area contributed by atoms with Gasteiger partial charge in [-0.1, -0.05) is 57.1 Å². The second-order valence-electron chi connectivity index (χ2n) is 18.5. The minimum absolute atomic E-state index is 0.0128. The normalized spacial score (nSPS) is 45.2. The van der Waals surface area contributed by atoms with E-state index < -0.39 is 12.3 Å². The van der Waals surface area contributed by atoms with Crippen molar-refractivity contribution in [1.29, 1.82) is 0 Å². The first-order chi connectivity index (χ1) is 25.2. The van der Waals surface area contributed by atoms with Crippen LogP contribution in [0.2, 0.25) is 0 Å². The zero-order chi connectivity index (χ0) is 37.6. The zero-order valence-corrected chi connectivity index (χ0v) is 33.1. The Morgan fingerprint density at radius 3 is 2.62 bits per heavy atom. The molecule has 0 bridgehead atoms. The molecule has 0 amide bonds. The highest BCUT2D eigenvalue weighted by atomic mass is 16.6. The van der Waals surface area contributed by atoms with Crippen molar-refractivity contribution in [2.24, 2.45) is 46.8 Å². The summed E-state index contributed by atoms with van der Waals surface area (Å²) in [5.74, 6) is 2.02. The maximum absolute atomic E-state index is 12.2. The van der Waals surface area contributed by atoms with E-state index in [0.29, 0.717) is 36.1 Å². The fourth-order valence-electron chi connectivity index (χ4n) is 12.6. The number of aliphatic hydroxyl groups is 1. The van der Waals surface area contributed by atoms with Crippen molar-refractivity contribution in [3.8, 4) is 0 Å². The van der Waals surface area contributed by atoms with Gasteiger partial charge >= 0.3 is 11.9 Å². The summed E-state index contributed by atoms with van der Waals surface area (Å²) in [4.78, 5) is 26.4. The van der Waals surface area contributed by atoms with Crippen molar-refractivity contribution in [2.75, 3.05) is 13.2 Å². The van der Waals surface area contributed by atoms with Crippen molar-refractivity contribution < 1.29 is 33.6 Å². The summed E-state index contributed by atoms with van der Waals surface area (Å²) >= 11 is 0. The van der Waals surface area contributed by atoms with Gasteiger partial charge in [0, 0.05) is 44.8 Å². The zero-order valence-electron chi connectivity index (χ0n) is 33.1. The number of likely N-dealkylation sites (tertiary alicyclic amines) is 1. The van der Waals surface area contributed by atoms with Crippen LogP contribution in [-0.2, 0) is 35.1 Å². The van der Waals surface area contributed by atoms with Gasteiger partial charge in [-0.3, -0.25) is 14.5 Å². The number of nitrogens with zero attached hydrogens (tertiary/aromatic N) is 4. The van der Waals surface area contributed by atoms with E-state index >= 15 is 0 Å². The second kappa shape index (κ2) is 13.9. The first-order valence-electron chi connectivity index (χ1n) is 20.6. The molecule has 4 aliphatic carbocycles. The molecule has 3 saturated heterocycles. The largest absolute Gasteiger partial charge is 0.463 e. The van der Waals surface area contributed by atoms with Crippen LogP contribution in [0.1, 0.15) is 119 Å². The lowest BCUT2D eigenvalue weighted by atomic mass is 9.56. The molecule has 53 heavy (non-hydrogen) atoms. The van der Waals surface area contributed by atoms with E-state index in [2.05, 4.69) is 49.0 Å². The molecule has 8 rings (SSSR count). The fraction of sp³-hybridized carbons (Fsp3) is 0.810. The highest BCUT2D eigenvalue weighted by Gasteiger charge is 2.61. The van der Waals surface area contributed by atoms with E-state index in [-0.39, 0.29) is 65.8 Å². The third kappa shape index (κ3) is 6.24. The SMILES string of the molecule is CC(=O)OCC1O[C@@H](n2cc(CN3C[C@@H](C)C[C@H]4O[C@]5(CC[C@@H]6C(=C5C)C[C@H]5[C@H]6CC=C6C[C@@H](O)CC[C@@]65C)[C@H](C)[C@@H]43)nn2)[C@H](OC(C)=O)C(C)[C@H]1C. The van der Waals surface area contributed by atoms with Gasteiger partial charge in [0.15, 0.2) is 12.3 Å². The minimum Gasteiger partial charge on any atom is -0.463 e. The summed E-state index contributed by atoms with van der Waals surface area (Å²) in [6, 6.07) is 0.270. The number of esters is 2. The van der Waals surface area contributed by atoms with Crippen molar-refractivity contribution >= 4 is 11.9 Å². The average molecular weight is 735 g/mol. The maximum Gasteiger partial charge on any atom is 0.303 e. The van der Waals surface area contributed by atoms with E-state index in [9.17, 15) is 14.7 Å². The Kier molecular flexibility index (Phi) is 9.76. The third-order valence-electron chi connectivity index (χ3n) is 15.6. The number of allylic oxidation sites excluding steroid dienone is 2. The molecule has 1 aromatic rings. The highest BCUT2D eigenvalue weighted by Crippen LogP contribution is 2.65. The quantitative estimate of drug-likeness (QED) is 0.268. The molecule has 3 aliphatic heterocycles. The lowest BCUT2D eigenvalue weighted by Gasteiger charge is -2.49. The molecule has 292 valence electrons. The van der Waals surface area contributed by atoms with Gasteiger partial charge in [0.1, 0.15) is 6.61 Å². The smallest absolute Gasteiger partial charge is 0.303 e. The van der Waals surface area contributed by atoms with Crippen LogP contribution in [0.5, 0.6) is 0 Å². The van der Waals surface area contributed by atoms with Crippen LogP contribution < -0.4 is 0 Å². The Morgan fingerprint density at radius 1 is 1.08 bits per heavy atom. The summed E-state index contributed by atoms with van der Waals surface area (Å²) < 4.78 is 26.7. The molecule has 11 heteroatoms. The van der Waals surface area contributed by atoms with Gasteiger partial charge in [0.2, 0.25) is 0 Å². The van der Waals surface area contributed by atoms with E-state index in [1.165, 1.54) is 37.8 Å². The summed E-state index contributed by atoms with van der Waals surface area (Å²) in [6.07, 6.45) is 11.4. The first-order valence-corrected chi connectivity index (χ1v) is 20.6. The number of aliphatic hydroxyl groups excluding tert-OH is 1. The number of carbonyl (C=O) groups is 2. The van der Waals surface area contributed by atoms with E-state index in [4.69, 9.17) is 18.9 Å². The van der Waals surface area contributed by atoms with Gasteiger partial charge in [-0.15, -0.1) is 5.10 Å². The van der Waals surface area contributed by atoms with Crippen molar-refractivity contribution in [2.45, 2.75) is 156 Å². The van der Waals surface area contributed by atoms with Crippen LogP contribution in [0.25, 0.3) is 0 Å². The fourth-order valence-corrected chi connectivity index (χ4v) is 12.6. The number of carbonyl (C=O) groups excluding carboxylic acids is 2. The Morgan fingerprint density at radius 2 is 1.87 bits per heavy atom. The van der Waals surface area contributed by atoms with Gasteiger partial charge in [-0.25, -0.2) is 4.68 Å². The maximum atomic E-state index is 12.2. The Hall–Kier alpha value is -2.60. The lowest BCUT2D eigenvalue weighted by molar-refractivity contribution is -0.227. The molecule has 4 heterocycles. The highest BCUT2D eigenvalue weighted by molar-refractivity contribution is 5.66. The van der Waals surface area contributed by atoms with Crippen molar-refractivity contribution in [1.82, 2.24) is 19.9 Å². The third-order valence-corrected chi connectivity index (χ3v) is 15.6. The monoisotopic (exact) mass is 734 g/mol. The summed E-state index contributed by atoms with van der Waals surface area (Å²) in [5, 5.41) is 19.7. The molecule has 0 aromatic carbocycles. The number of hydrogen-bond donors (Lipinski definition) is 1. The molecule has 7 aliphatic rings. The number of fused-ring (bicyclic) bond motifs is 6. The standard InChI is InChI=1S/C42H62N4O7/c1-22-15-36-38(26(5)42(53-36)14-12-32-33-10-9-29-16-31(49)11-13-41(29,8)35(33)17-34(32)25(42)4)45(18-22)19-30-20-46(44-43-30)40-39(51-28(7)48)24(3)23(2)37(52-40)21-50-27(6)47/h9,20,22-24,26,31-33,35-40,49H,10-19,21H2,1-8H3/t22-,23+,24?,26+,31-,32-,33-,35-,36+,37?,38-,39+,40+,41-,42-/m0/s1. The van der Waals surface area contributed by atoms with Crippen molar-refractivity contribution in [3.63, 3.8) is 0 Å². The van der Waals surface area contributed by atoms with Gasteiger partial charge in [0.05, 0.1) is 35.8 Å². The van der Waals surface area contributed by atoms with Crippen LogP contribution in [-0.4, -0.2) is 86.1 Å². The molecular weight excluding hydrogens is 672 g/mol. The Labute approximate surface area is 315 Å². The van der Waals surface area contributed by atoms with E-state index in [1.54, 1.807) is 10.3 Å². The average Bonchev–Trinajstić information content (AvgIpc) is 3.80. The topological polar surface area (TPSA) is 125 Å². The lowest BCUT2D eigenvalue weighted by Crippen LogP contribution is -2.51.